The summed E-state index contributed by atoms with van der Waals surface area (Å²) in [6, 6.07) is 9.85. The maximum absolute atomic E-state index is 12.7. The van der Waals surface area contributed by atoms with E-state index in [0.717, 1.165) is 12.0 Å². The minimum absolute atomic E-state index is 0.00754. The Hall–Kier alpha value is -2.10. The zero-order valence-corrected chi connectivity index (χ0v) is 11.8. The normalized spacial score (nSPS) is 28.3. The van der Waals surface area contributed by atoms with E-state index in [0.29, 0.717) is 19.5 Å². The molecule has 4 heteroatoms. The lowest BCUT2D eigenvalue weighted by molar-refractivity contribution is -0.155. The number of benzene rings is 1. The number of piperidine rings is 1. The number of amides is 1. The van der Waals surface area contributed by atoms with Crippen LogP contribution in [0.4, 0.5) is 0 Å². The predicted octanol–water partition coefficient (Wildman–Crippen LogP) is 2.31. The van der Waals surface area contributed by atoms with Gasteiger partial charge < -0.3 is 10.0 Å². The highest BCUT2D eigenvalue weighted by molar-refractivity contribution is 5.86. The third-order valence-electron chi connectivity index (χ3n) is 4.53. The molecule has 1 aliphatic heterocycles. The molecule has 21 heavy (non-hydrogen) atoms. The van der Waals surface area contributed by atoms with Gasteiger partial charge in [0.05, 0.1) is 11.8 Å². The first-order valence-corrected chi connectivity index (χ1v) is 7.39. The SMILES string of the molecule is O=C(O)[C@@H]1CC=C[C@@H]2CCN(Cc3ccccc3)C(=O)[C@@H]21. The highest BCUT2D eigenvalue weighted by atomic mass is 16.4. The Bertz CT molecular complexity index is 567. The smallest absolute Gasteiger partial charge is 0.307 e. The molecule has 1 aromatic rings. The number of nitrogens with zero attached hydrogens (tertiary/aromatic N) is 1. The molecular formula is C17H19NO3. The molecule has 0 aromatic heterocycles. The zero-order chi connectivity index (χ0) is 14.8. The third kappa shape index (κ3) is 2.71. The summed E-state index contributed by atoms with van der Waals surface area (Å²) in [5.41, 5.74) is 1.09. The van der Waals surface area contributed by atoms with Crippen LogP contribution in [0.3, 0.4) is 0 Å². The van der Waals surface area contributed by atoms with Crippen LogP contribution in [0.25, 0.3) is 0 Å². The van der Waals surface area contributed by atoms with Crippen LogP contribution < -0.4 is 0 Å². The molecule has 0 spiro atoms. The largest absolute Gasteiger partial charge is 0.481 e. The molecule has 1 amide bonds. The van der Waals surface area contributed by atoms with Crippen molar-refractivity contribution in [3.8, 4) is 0 Å². The summed E-state index contributed by atoms with van der Waals surface area (Å²) in [6.45, 7) is 1.27. The minimum Gasteiger partial charge on any atom is -0.481 e. The number of carbonyl (C=O) groups excluding carboxylic acids is 1. The van der Waals surface area contributed by atoms with Gasteiger partial charge in [-0.05, 0) is 24.3 Å². The molecule has 0 radical (unpaired) electrons. The van der Waals surface area contributed by atoms with Gasteiger partial charge in [-0.25, -0.2) is 0 Å². The molecule has 0 unspecified atom stereocenters. The molecule has 1 saturated heterocycles. The van der Waals surface area contributed by atoms with Crippen LogP contribution in [0.1, 0.15) is 18.4 Å². The fraction of sp³-hybridized carbons (Fsp3) is 0.412. The number of fused-ring (bicyclic) bond motifs is 1. The van der Waals surface area contributed by atoms with Gasteiger partial charge in [0.1, 0.15) is 0 Å². The molecule has 0 saturated carbocycles. The molecule has 1 aromatic carbocycles. The van der Waals surface area contributed by atoms with Crippen molar-refractivity contribution in [3.63, 3.8) is 0 Å². The van der Waals surface area contributed by atoms with Crippen LogP contribution in [-0.4, -0.2) is 28.4 Å². The molecule has 1 heterocycles. The van der Waals surface area contributed by atoms with Crippen LogP contribution in [0, 0.1) is 17.8 Å². The molecule has 1 aliphatic carbocycles. The Morgan fingerprint density at radius 2 is 2.05 bits per heavy atom. The minimum atomic E-state index is -0.857. The summed E-state index contributed by atoms with van der Waals surface area (Å²) in [6.07, 6.45) is 5.26. The van der Waals surface area contributed by atoms with Crippen LogP contribution in [0.5, 0.6) is 0 Å². The van der Waals surface area contributed by atoms with Gasteiger partial charge >= 0.3 is 5.97 Å². The van der Waals surface area contributed by atoms with E-state index in [2.05, 4.69) is 0 Å². The number of aliphatic carboxylic acids is 1. The fourth-order valence-electron chi connectivity index (χ4n) is 3.44. The summed E-state index contributed by atoms with van der Waals surface area (Å²) >= 11 is 0. The number of allylic oxidation sites excluding steroid dienone is 2. The third-order valence-corrected chi connectivity index (χ3v) is 4.53. The van der Waals surface area contributed by atoms with Crippen molar-refractivity contribution in [2.75, 3.05) is 6.54 Å². The second-order valence-corrected chi connectivity index (χ2v) is 5.83. The summed E-state index contributed by atoms with van der Waals surface area (Å²) in [7, 11) is 0. The van der Waals surface area contributed by atoms with Crippen molar-refractivity contribution in [1.29, 1.82) is 0 Å². The second-order valence-electron chi connectivity index (χ2n) is 5.83. The first kappa shape index (κ1) is 13.9. The maximum Gasteiger partial charge on any atom is 0.307 e. The molecular weight excluding hydrogens is 266 g/mol. The Labute approximate surface area is 124 Å². The van der Waals surface area contributed by atoms with Gasteiger partial charge in [0.2, 0.25) is 5.91 Å². The Balaban J connectivity index is 1.79. The van der Waals surface area contributed by atoms with E-state index < -0.39 is 17.8 Å². The Morgan fingerprint density at radius 3 is 2.76 bits per heavy atom. The predicted molar refractivity (Wildman–Crippen MR) is 78.3 cm³/mol. The number of hydrogen-bond acceptors (Lipinski definition) is 2. The second kappa shape index (κ2) is 5.72. The van der Waals surface area contributed by atoms with Crippen LogP contribution >= 0.6 is 0 Å². The van der Waals surface area contributed by atoms with Crippen LogP contribution in [0.2, 0.25) is 0 Å². The number of carboxylic acid groups (broad SMARTS) is 1. The summed E-state index contributed by atoms with van der Waals surface area (Å²) in [5.74, 6) is -1.76. The number of carbonyl (C=O) groups is 2. The molecule has 4 nitrogen and oxygen atoms in total. The van der Waals surface area contributed by atoms with E-state index in [-0.39, 0.29) is 11.8 Å². The number of hydrogen-bond donors (Lipinski definition) is 1. The summed E-state index contributed by atoms with van der Waals surface area (Å²) in [5, 5.41) is 9.37. The van der Waals surface area contributed by atoms with Gasteiger partial charge in [-0.15, -0.1) is 0 Å². The summed E-state index contributed by atoms with van der Waals surface area (Å²) < 4.78 is 0. The van der Waals surface area contributed by atoms with Gasteiger partial charge in [-0.2, -0.15) is 0 Å². The molecule has 110 valence electrons. The average molecular weight is 285 g/mol. The van der Waals surface area contributed by atoms with E-state index in [1.807, 2.05) is 47.4 Å². The average Bonchev–Trinajstić information content (AvgIpc) is 2.50. The number of rotatable bonds is 3. The molecule has 1 N–H and O–H groups in total. The van der Waals surface area contributed by atoms with E-state index in [1.54, 1.807) is 0 Å². The van der Waals surface area contributed by atoms with Gasteiger partial charge in [0.15, 0.2) is 0 Å². The van der Waals surface area contributed by atoms with E-state index in [4.69, 9.17) is 0 Å². The zero-order valence-electron chi connectivity index (χ0n) is 11.8. The molecule has 2 aliphatic rings. The van der Waals surface area contributed by atoms with Crippen molar-refractivity contribution in [2.24, 2.45) is 17.8 Å². The van der Waals surface area contributed by atoms with E-state index >= 15 is 0 Å². The molecule has 3 atom stereocenters. The summed E-state index contributed by atoms with van der Waals surface area (Å²) in [4.78, 5) is 25.9. The van der Waals surface area contributed by atoms with Crippen molar-refractivity contribution in [3.05, 3.63) is 48.0 Å². The Morgan fingerprint density at radius 1 is 1.29 bits per heavy atom. The quantitative estimate of drug-likeness (QED) is 0.867. The lowest BCUT2D eigenvalue weighted by atomic mass is 9.71. The van der Waals surface area contributed by atoms with E-state index in [9.17, 15) is 14.7 Å². The van der Waals surface area contributed by atoms with Crippen molar-refractivity contribution < 1.29 is 14.7 Å². The van der Waals surface area contributed by atoms with Gasteiger partial charge in [0, 0.05) is 13.1 Å². The standard InChI is InChI=1S/C17H19NO3/c19-16-15-13(7-4-8-14(15)17(20)21)9-10-18(16)11-12-5-2-1-3-6-12/h1-7,13-15H,8-11H2,(H,20,21)/t13-,14-,15+/m1/s1. The monoisotopic (exact) mass is 285 g/mol. The molecule has 1 fully saturated rings. The van der Waals surface area contributed by atoms with Crippen LogP contribution in [0.15, 0.2) is 42.5 Å². The van der Waals surface area contributed by atoms with Gasteiger partial charge in [-0.3, -0.25) is 9.59 Å². The van der Waals surface area contributed by atoms with Crippen LogP contribution in [-0.2, 0) is 16.1 Å². The first-order chi connectivity index (χ1) is 10.2. The highest BCUT2D eigenvalue weighted by Crippen LogP contribution is 2.37. The molecule has 0 bridgehead atoms. The fourth-order valence-corrected chi connectivity index (χ4v) is 3.44. The van der Waals surface area contributed by atoms with Gasteiger partial charge in [0.25, 0.3) is 0 Å². The van der Waals surface area contributed by atoms with Crippen molar-refractivity contribution in [2.45, 2.75) is 19.4 Å². The number of likely N-dealkylation sites (tertiary alicyclic amines) is 1. The lowest BCUT2D eigenvalue weighted by Gasteiger charge is -2.40. The van der Waals surface area contributed by atoms with Crippen molar-refractivity contribution >= 4 is 11.9 Å². The Kier molecular flexibility index (Phi) is 3.78. The topological polar surface area (TPSA) is 57.6 Å². The van der Waals surface area contributed by atoms with E-state index in [1.165, 1.54) is 0 Å². The lowest BCUT2D eigenvalue weighted by Crippen LogP contribution is -2.49. The van der Waals surface area contributed by atoms with Crippen molar-refractivity contribution in [1.82, 2.24) is 4.90 Å². The molecule has 3 rings (SSSR count). The maximum atomic E-state index is 12.7. The number of carboxylic acids is 1. The highest BCUT2D eigenvalue weighted by Gasteiger charge is 2.44. The first-order valence-electron chi connectivity index (χ1n) is 7.39. The van der Waals surface area contributed by atoms with Gasteiger partial charge in [-0.1, -0.05) is 42.5 Å².